The number of likely N-dealkylation sites (tertiary alicyclic amines) is 1. The number of hydrogen-bond donors (Lipinski definition) is 0. The summed E-state index contributed by atoms with van der Waals surface area (Å²) >= 11 is 0. The highest BCUT2D eigenvalue weighted by atomic mass is 16.5. The monoisotopic (exact) mass is 241 g/mol. The van der Waals surface area contributed by atoms with Crippen molar-refractivity contribution in [3.63, 3.8) is 0 Å². The molecule has 3 atom stereocenters. The lowest BCUT2D eigenvalue weighted by molar-refractivity contribution is -0.125. The van der Waals surface area contributed by atoms with Gasteiger partial charge in [-0.1, -0.05) is 6.92 Å². The van der Waals surface area contributed by atoms with Crippen LogP contribution in [0, 0.1) is 11.8 Å². The van der Waals surface area contributed by atoms with Gasteiger partial charge in [-0.15, -0.1) is 0 Å². The number of piperidine rings is 1. The molecule has 4 nitrogen and oxygen atoms in total. The van der Waals surface area contributed by atoms with Gasteiger partial charge in [0.2, 0.25) is 0 Å². The molecule has 0 aromatic heterocycles. The zero-order valence-corrected chi connectivity index (χ0v) is 10.9. The summed E-state index contributed by atoms with van der Waals surface area (Å²) in [5, 5.41) is 0. The number of hydrogen-bond acceptors (Lipinski definition) is 4. The van der Waals surface area contributed by atoms with E-state index in [9.17, 15) is 4.79 Å². The highest BCUT2D eigenvalue weighted by Crippen LogP contribution is 2.20. The van der Waals surface area contributed by atoms with Gasteiger partial charge >= 0.3 is 0 Å². The smallest absolute Gasteiger partial charge is 0.152 e. The molecule has 2 heterocycles. The van der Waals surface area contributed by atoms with E-state index >= 15 is 0 Å². The topological polar surface area (TPSA) is 38.8 Å². The lowest BCUT2D eigenvalue weighted by atomic mass is 9.95. The largest absolute Gasteiger partial charge is 0.381 e. The Labute approximate surface area is 103 Å². The second kappa shape index (κ2) is 5.94. The maximum Gasteiger partial charge on any atom is 0.152 e. The number of methoxy groups -OCH3 is 1. The average molecular weight is 241 g/mol. The molecule has 98 valence electrons. The van der Waals surface area contributed by atoms with Gasteiger partial charge in [0, 0.05) is 26.2 Å². The van der Waals surface area contributed by atoms with E-state index in [1.165, 1.54) is 0 Å². The Bertz CT molecular complexity index is 263. The van der Waals surface area contributed by atoms with E-state index in [-0.39, 0.29) is 12.0 Å². The van der Waals surface area contributed by atoms with E-state index in [1.807, 2.05) is 0 Å². The number of carbonyl (C=O) groups is 1. The second-order valence-electron chi connectivity index (χ2n) is 5.30. The lowest BCUT2D eigenvalue weighted by Crippen LogP contribution is -2.46. The first-order valence-corrected chi connectivity index (χ1v) is 6.56. The van der Waals surface area contributed by atoms with Crippen LogP contribution in [0.1, 0.15) is 19.8 Å². The van der Waals surface area contributed by atoms with E-state index in [0.29, 0.717) is 24.9 Å². The molecular weight excluding hydrogens is 218 g/mol. The number of nitrogens with zero attached hydrogens (tertiary/aromatic N) is 1. The number of carbonyl (C=O) groups excluding carboxylic acids is 1. The van der Waals surface area contributed by atoms with Crippen molar-refractivity contribution in [2.75, 3.05) is 40.0 Å². The summed E-state index contributed by atoms with van der Waals surface area (Å²) in [4.78, 5) is 14.3. The second-order valence-corrected chi connectivity index (χ2v) is 5.30. The third-order valence-corrected chi connectivity index (χ3v) is 4.04. The highest BCUT2D eigenvalue weighted by molar-refractivity contribution is 5.83. The third kappa shape index (κ3) is 3.27. The van der Waals surface area contributed by atoms with Crippen LogP contribution in [0.4, 0.5) is 0 Å². The maximum atomic E-state index is 12.0. The fourth-order valence-corrected chi connectivity index (χ4v) is 2.69. The van der Waals surface area contributed by atoms with Crippen molar-refractivity contribution < 1.29 is 14.3 Å². The van der Waals surface area contributed by atoms with Crippen molar-refractivity contribution in [2.45, 2.75) is 25.9 Å². The summed E-state index contributed by atoms with van der Waals surface area (Å²) in [7, 11) is 1.76. The predicted octanol–water partition coefficient (Wildman–Crippen LogP) is 0.949. The van der Waals surface area contributed by atoms with Crippen LogP contribution in [0.15, 0.2) is 0 Å². The molecule has 2 saturated heterocycles. The van der Waals surface area contributed by atoms with Crippen LogP contribution < -0.4 is 0 Å². The number of ether oxygens (including phenoxy) is 2. The van der Waals surface area contributed by atoms with Crippen molar-refractivity contribution in [1.82, 2.24) is 4.90 Å². The minimum atomic E-state index is 0.135. The maximum absolute atomic E-state index is 12.0. The van der Waals surface area contributed by atoms with Crippen LogP contribution in [-0.2, 0) is 14.3 Å². The van der Waals surface area contributed by atoms with Gasteiger partial charge in [0.25, 0.3) is 0 Å². The SMILES string of the molecule is COC1CN(CC(=O)C2CCOC2)CCC1C. The highest BCUT2D eigenvalue weighted by Gasteiger charge is 2.30. The molecule has 0 aromatic carbocycles. The zero-order valence-electron chi connectivity index (χ0n) is 10.9. The first-order valence-electron chi connectivity index (χ1n) is 6.56. The molecule has 0 aliphatic carbocycles. The van der Waals surface area contributed by atoms with Crippen LogP contribution >= 0.6 is 0 Å². The average Bonchev–Trinajstić information content (AvgIpc) is 2.85. The standard InChI is InChI=1S/C13H23NO3/c1-10-3-5-14(8-13(10)16-2)7-12(15)11-4-6-17-9-11/h10-11,13H,3-9H2,1-2H3. The van der Waals surface area contributed by atoms with Gasteiger partial charge in [-0.3, -0.25) is 9.69 Å². The summed E-state index contributed by atoms with van der Waals surface area (Å²) in [5.41, 5.74) is 0. The van der Waals surface area contributed by atoms with Crippen molar-refractivity contribution in [2.24, 2.45) is 11.8 Å². The Balaban J connectivity index is 1.80. The van der Waals surface area contributed by atoms with Crippen LogP contribution in [-0.4, -0.2) is 56.7 Å². The Morgan fingerprint density at radius 3 is 2.94 bits per heavy atom. The molecule has 2 aliphatic rings. The number of rotatable bonds is 4. The summed E-state index contributed by atoms with van der Waals surface area (Å²) < 4.78 is 10.7. The van der Waals surface area contributed by atoms with Crippen molar-refractivity contribution in [3.8, 4) is 0 Å². The van der Waals surface area contributed by atoms with Gasteiger partial charge < -0.3 is 9.47 Å². The molecule has 17 heavy (non-hydrogen) atoms. The van der Waals surface area contributed by atoms with E-state index in [2.05, 4.69) is 11.8 Å². The third-order valence-electron chi connectivity index (χ3n) is 4.04. The molecule has 2 rings (SSSR count). The van der Waals surface area contributed by atoms with Gasteiger partial charge in [0.05, 0.1) is 19.3 Å². The molecule has 0 N–H and O–H groups in total. The van der Waals surface area contributed by atoms with Crippen LogP contribution in [0.25, 0.3) is 0 Å². The first kappa shape index (κ1) is 13.0. The molecule has 2 fully saturated rings. The van der Waals surface area contributed by atoms with Crippen LogP contribution in [0.5, 0.6) is 0 Å². The van der Waals surface area contributed by atoms with Crippen LogP contribution in [0.2, 0.25) is 0 Å². The Morgan fingerprint density at radius 2 is 2.29 bits per heavy atom. The Morgan fingerprint density at radius 1 is 1.47 bits per heavy atom. The van der Waals surface area contributed by atoms with Crippen LogP contribution in [0.3, 0.4) is 0 Å². The molecule has 4 heteroatoms. The number of ketones is 1. The number of Topliss-reactive ketones (excluding diaryl/α,β-unsaturated/α-hetero) is 1. The Kier molecular flexibility index (Phi) is 4.54. The summed E-state index contributed by atoms with van der Waals surface area (Å²) in [6.45, 7) is 6.06. The molecule has 0 aromatic rings. The molecule has 0 amide bonds. The normalized spacial score (nSPS) is 35.1. The van der Waals surface area contributed by atoms with Gasteiger partial charge in [-0.2, -0.15) is 0 Å². The van der Waals surface area contributed by atoms with Gasteiger partial charge in [-0.05, 0) is 25.3 Å². The summed E-state index contributed by atoms with van der Waals surface area (Å²) in [6.07, 6.45) is 2.29. The van der Waals surface area contributed by atoms with Gasteiger partial charge in [-0.25, -0.2) is 0 Å². The van der Waals surface area contributed by atoms with Crippen molar-refractivity contribution in [3.05, 3.63) is 0 Å². The van der Waals surface area contributed by atoms with E-state index in [1.54, 1.807) is 7.11 Å². The summed E-state index contributed by atoms with van der Waals surface area (Å²) in [6, 6.07) is 0. The van der Waals surface area contributed by atoms with Crippen molar-refractivity contribution in [1.29, 1.82) is 0 Å². The zero-order chi connectivity index (χ0) is 12.3. The van der Waals surface area contributed by atoms with E-state index < -0.39 is 0 Å². The minimum absolute atomic E-state index is 0.135. The Hall–Kier alpha value is -0.450. The lowest BCUT2D eigenvalue weighted by Gasteiger charge is -2.36. The fraction of sp³-hybridized carbons (Fsp3) is 0.923. The van der Waals surface area contributed by atoms with Gasteiger partial charge in [0.15, 0.2) is 5.78 Å². The van der Waals surface area contributed by atoms with Crippen molar-refractivity contribution >= 4 is 5.78 Å². The van der Waals surface area contributed by atoms with Gasteiger partial charge in [0.1, 0.15) is 0 Å². The molecule has 3 unspecified atom stereocenters. The predicted molar refractivity (Wildman–Crippen MR) is 65.0 cm³/mol. The fourth-order valence-electron chi connectivity index (χ4n) is 2.69. The molecule has 0 bridgehead atoms. The minimum Gasteiger partial charge on any atom is -0.381 e. The van der Waals surface area contributed by atoms with E-state index in [4.69, 9.17) is 9.47 Å². The molecular formula is C13H23NO3. The summed E-state index contributed by atoms with van der Waals surface area (Å²) in [5.74, 6) is 1.07. The first-order chi connectivity index (χ1) is 8.20. The quantitative estimate of drug-likeness (QED) is 0.734. The van der Waals surface area contributed by atoms with E-state index in [0.717, 1.165) is 32.5 Å². The molecule has 0 spiro atoms. The molecule has 0 radical (unpaired) electrons. The molecule has 2 aliphatic heterocycles. The molecule has 0 saturated carbocycles.